The number of methoxy groups -OCH3 is 2. The zero-order valence-electron chi connectivity index (χ0n) is 23.7. The molecule has 0 aromatic heterocycles. The standard InChI is InChI=1S/C35H36O3/c1-34(2,3)31-19-27-28-20-32(35(4,5)6)26(22-11-15-24(38-8)16-12-22)18-30(28)33(36)29(27)17-25(31)21-9-13-23(37-7)14-10-21/h9-20H,1-8H3. The minimum atomic E-state index is -0.105. The van der Waals surface area contributed by atoms with Crippen LogP contribution in [-0.4, -0.2) is 20.0 Å². The third kappa shape index (κ3) is 4.41. The van der Waals surface area contributed by atoms with Gasteiger partial charge in [-0.05, 0) is 104 Å². The molecule has 0 saturated carbocycles. The van der Waals surface area contributed by atoms with Gasteiger partial charge in [0, 0.05) is 11.1 Å². The van der Waals surface area contributed by atoms with Crippen LogP contribution in [0.25, 0.3) is 33.4 Å². The molecule has 0 fully saturated rings. The topological polar surface area (TPSA) is 35.5 Å². The van der Waals surface area contributed by atoms with Crippen molar-refractivity contribution in [1.29, 1.82) is 0 Å². The Balaban J connectivity index is 1.74. The second-order valence-corrected chi connectivity index (χ2v) is 12.2. The van der Waals surface area contributed by atoms with E-state index in [0.29, 0.717) is 0 Å². The first-order valence-corrected chi connectivity index (χ1v) is 13.1. The average Bonchev–Trinajstić information content (AvgIpc) is 3.17. The van der Waals surface area contributed by atoms with Gasteiger partial charge in [0.05, 0.1) is 14.2 Å². The van der Waals surface area contributed by atoms with Crippen molar-refractivity contribution in [3.63, 3.8) is 0 Å². The molecule has 4 aromatic rings. The summed E-state index contributed by atoms with van der Waals surface area (Å²) in [6.45, 7) is 13.4. The van der Waals surface area contributed by atoms with Crippen LogP contribution in [-0.2, 0) is 10.8 Å². The summed E-state index contributed by atoms with van der Waals surface area (Å²) < 4.78 is 10.7. The summed E-state index contributed by atoms with van der Waals surface area (Å²) in [5.41, 5.74) is 10.2. The summed E-state index contributed by atoms with van der Waals surface area (Å²) >= 11 is 0. The maximum absolute atomic E-state index is 13.9. The molecular formula is C35H36O3. The minimum absolute atomic E-state index is 0.0837. The summed E-state index contributed by atoms with van der Waals surface area (Å²) in [7, 11) is 3.35. The molecule has 1 aliphatic rings. The second kappa shape index (κ2) is 9.16. The van der Waals surface area contributed by atoms with E-state index in [1.54, 1.807) is 14.2 Å². The molecular weight excluding hydrogens is 468 g/mol. The summed E-state index contributed by atoms with van der Waals surface area (Å²) in [6, 6.07) is 24.9. The number of ether oxygens (including phenoxy) is 2. The van der Waals surface area contributed by atoms with E-state index in [4.69, 9.17) is 9.47 Å². The van der Waals surface area contributed by atoms with Crippen LogP contribution in [0.1, 0.15) is 68.6 Å². The number of fused-ring (bicyclic) bond motifs is 3. The summed E-state index contributed by atoms with van der Waals surface area (Å²) in [5, 5.41) is 0. The molecule has 0 N–H and O–H groups in total. The molecule has 0 saturated heterocycles. The van der Waals surface area contributed by atoms with Crippen LogP contribution in [0, 0.1) is 0 Å². The van der Waals surface area contributed by atoms with Gasteiger partial charge in [-0.3, -0.25) is 4.79 Å². The Kier molecular flexibility index (Phi) is 6.22. The SMILES string of the molecule is COc1ccc(-c2cc3c(cc2C(C)(C)C)-c2cc(C(C)(C)C)c(-c4ccc(OC)cc4)cc2C3=O)cc1. The number of carbonyl (C=O) groups is 1. The molecule has 0 radical (unpaired) electrons. The normalized spacial score (nSPS) is 12.8. The summed E-state index contributed by atoms with van der Waals surface area (Å²) in [5.74, 6) is 1.72. The summed E-state index contributed by atoms with van der Waals surface area (Å²) in [4.78, 5) is 13.9. The van der Waals surface area contributed by atoms with Gasteiger partial charge in [0.2, 0.25) is 0 Å². The molecule has 5 rings (SSSR count). The number of ketones is 1. The van der Waals surface area contributed by atoms with E-state index in [1.807, 2.05) is 24.3 Å². The Morgan fingerprint density at radius 1 is 0.474 bits per heavy atom. The highest BCUT2D eigenvalue weighted by Gasteiger charge is 2.33. The van der Waals surface area contributed by atoms with Crippen molar-refractivity contribution in [2.45, 2.75) is 52.4 Å². The van der Waals surface area contributed by atoms with Gasteiger partial charge >= 0.3 is 0 Å². The molecule has 3 heteroatoms. The number of hydrogen-bond acceptors (Lipinski definition) is 3. The quantitative estimate of drug-likeness (QED) is 0.245. The van der Waals surface area contributed by atoms with Crippen LogP contribution in [0.4, 0.5) is 0 Å². The lowest BCUT2D eigenvalue weighted by atomic mass is 9.78. The predicted octanol–water partition coefficient (Wildman–Crippen LogP) is 8.84. The van der Waals surface area contributed by atoms with Crippen LogP contribution >= 0.6 is 0 Å². The van der Waals surface area contributed by atoms with Crippen molar-refractivity contribution in [3.8, 4) is 44.9 Å². The fourth-order valence-corrected chi connectivity index (χ4v) is 5.43. The monoisotopic (exact) mass is 504 g/mol. The van der Waals surface area contributed by atoms with E-state index in [9.17, 15) is 4.79 Å². The molecule has 0 amide bonds. The summed E-state index contributed by atoms with van der Waals surface area (Å²) in [6.07, 6.45) is 0. The van der Waals surface area contributed by atoms with Crippen LogP contribution < -0.4 is 9.47 Å². The largest absolute Gasteiger partial charge is 0.497 e. The van der Waals surface area contributed by atoms with Crippen molar-refractivity contribution >= 4 is 5.78 Å². The van der Waals surface area contributed by atoms with E-state index < -0.39 is 0 Å². The molecule has 0 unspecified atom stereocenters. The highest BCUT2D eigenvalue weighted by molar-refractivity contribution is 6.23. The predicted molar refractivity (Wildman–Crippen MR) is 157 cm³/mol. The van der Waals surface area contributed by atoms with Crippen LogP contribution in [0.5, 0.6) is 11.5 Å². The van der Waals surface area contributed by atoms with Gasteiger partial charge in [0.1, 0.15) is 11.5 Å². The van der Waals surface area contributed by atoms with Gasteiger partial charge in [-0.1, -0.05) is 65.8 Å². The fraction of sp³-hybridized carbons (Fsp3) is 0.286. The molecule has 4 aromatic carbocycles. The molecule has 3 nitrogen and oxygen atoms in total. The lowest BCUT2D eigenvalue weighted by Gasteiger charge is -2.26. The molecule has 0 atom stereocenters. The second-order valence-electron chi connectivity index (χ2n) is 12.2. The van der Waals surface area contributed by atoms with Crippen molar-refractivity contribution in [1.82, 2.24) is 0 Å². The van der Waals surface area contributed by atoms with Crippen molar-refractivity contribution in [3.05, 3.63) is 95.1 Å². The van der Waals surface area contributed by atoms with E-state index in [2.05, 4.69) is 90.1 Å². The van der Waals surface area contributed by atoms with Crippen LogP contribution in [0.2, 0.25) is 0 Å². The van der Waals surface area contributed by atoms with Crippen molar-refractivity contribution in [2.24, 2.45) is 0 Å². The first-order valence-electron chi connectivity index (χ1n) is 13.1. The van der Waals surface area contributed by atoms with E-state index in [-0.39, 0.29) is 16.6 Å². The highest BCUT2D eigenvalue weighted by atomic mass is 16.5. The smallest absolute Gasteiger partial charge is 0.194 e. The molecule has 38 heavy (non-hydrogen) atoms. The molecule has 0 aliphatic heterocycles. The number of rotatable bonds is 4. The van der Waals surface area contributed by atoms with E-state index in [1.165, 1.54) is 11.1 Å². The van der Waals surface area contributed by atoms with E-state index in [0.717, 1.165) is 56.0 Å². The molecule has 0 spiro atoms. The molecule has 0 heterocycles. The Morgan fingerprint density at radius 2 is 0.816 bits per heavy atom. The third-order valence-corrected chi connectivity index (χ3v) is 7.51. The van der Waals surface area contributed by atoms with Gasteiger partial charge in [0.15, 0.2) is 5.78 Å². The Labute approximate surface area is 226 Å². The van der Waals surface area contributed by atoms with E-state index >= 15 is 0 Å². The minimum Gasteiger partial charge on any atom is -0.497 e. The van der Waals surface area contributed by atoms with Gasteiger partial charge in [0.25, 0.3) is 0 Å². The first-order chi connectivity index (χ1) is 17.9. The Morgan fingerprint density at radius 3 is 1.11 bits per heavy atom. The third-order valence-electron chi connectivity index (χ3n) is 7.51. The lowest BCUT2D eigenvalue weighted by Crippen LogP contribution is -2.14. The van der Waals surface area contributed by atoms with Gasteiger partial charge < -0.3 is 9.47 Å². The molecule has 0 bridgehead atoms. The van der Waals surface area contributed by atoms with Crippen LogP contribution in [0.3, 0.4) is 0 Å². The first kappa shape index (κ1) is 25.8. The van der Waals surface area contributed by atoms with Crippen molar-refractivity contribution < 1.29 is 14.3 Å². The Hall–Kier alpha value is -3.85. The maximum Gasteiger partial charge on any atom is 0.194 e. The number of carbonyl (C=O) groups excluding carboxylic acids is 1. The van der Waals surface area contributed by atoms with Gasteiger partial charge in [-0.25, -0.2) is 0 Å². The van der Waals surface area contributed by atoms with Crippen molar-refractivity contribution in [2.75, 3.05) is 14.2 Å². The average molecular weight is 505 g/mol. The lowest BCUT2D eigenvalue weighted by molar-refractivity contribution is 0.104. The Bertz CT molecular complexity index is 1410. The highest BCUT2D eigenvalue weighted by Crippen LogP contribution is 2.47. The molecule has 1 aliphatic carbocycles. The fourth-order valence-electron chi connectivity index (χ4n) is 5.43. The number of benzene rings is 4. The van der Waals surface area contributed by atoms with Crippen LogP contribution in [0.15, 0.2) is 72.8 Å². The zero-order valence-corrected chi connectivity index (χ0v) is 23.7. The van der Waals surface area contributed by atoms with Gasteiger partial charge in [-0.2, -0.15) is 0 Å². The number of hydrogen-bond donors (Lipinski definition) is 0. The maximum atomic E-state index is 13.9. The zero-order chi connectivity index (χ0) is 27.4. The molecule has 194 valence electrons. The van der Waals surface area contributed by atoms with Gasteiger partial charge in [-0.15, -0.1) is 0 Å².